The number of carbonyl (C=O) groups excluding carboxylic acids is 6. The zero-order valence-electron chi connectivity index (χ0n) is 31.5. The molecule has 0 unspecified atom stereocenters. The number of pyridine rings is 2. The number of imide groups is 2. The lowest BCUT2D eigenvalue weighted by atomic mass is 9.86. The Kier molecular flexibility index (Phi) is 11.6. The molecule has 0 aromatic carbocycles. The van der Waals surface area contributed by atoms with Gasteiger partial charge in [0.15, 0.2) is 0 Å². The topological polar surface area (TPSA) is 188 Å². The SMILES string of the molecule is CC(C)(C)OC(=O)N[C@H](CN1C(=O)c2cc[n+](O)cc2C1=O)C(C)(C)C.CC(C)(C)OC(=O)N[C@H](CN1C(=O)c2ccncc2C1=O)C(C)(C)C. The van der Waals surface area contributed by atoms with Crippen LogP contribution in [0.3, 0.4) is 0 Å². The number of alkyl carbamates (subject to hydrolysis) is 2. The quantitative estimate of drug-likeness (QED) is 0.221. The second-order valence-electron chi connectivity index (χ2n) is 16.6. The molecule has 2 aromatic heterocycles. The Balaban J connectivity index is 0.000000276. The summed E-state index contributed by atoms with van der Waals surface area (Å²) in [5, 5.41) is 15.0. The third-order valence-corrected chi connectivity index (χ3v) is 7.87. The first-order valence-electron chi connectivity index (χ1n) is 16.6. The van der Waals surface area contributed by atoms with Crippen LogP contribution in [0.25, 0.3) is 0 Å². The van der Waals surface area contributed by atoms with Gasteiger partial charge in [-0.3, -0.25) is 39.2 Å². The van der Waals surface area contributed by atoms with Gasteiger partial charge in [0.1, 0.15) is 16.8 Å². The molecule has 51 heavy (non-hydrogen) atoms. The summed E-state index contributed by atoms with van der Waals surface area (Å²) in [5.74, 6) is -1.73. The Hall–Kier alpha value is -5.08. The first-order valence-corrected chi connectivity index (χ1v) is 16.6. The number of amides is 6. The fourth-order valence-electron chi connectivity index (χ4n) is 5.03. The van der Waals surface area contributed by atoms with Crippen LogP contribution in [0, 0.1) is 10.8 Å². The fraction of sp³-hybridized carbons (Fsp3) is 0.556. The standard InChI is InChI=1S/C18H25N3O5.C18H25N3O4/c1-17(2,3)13(19-16(24)26-18(4,5)6)10-21-14(22)11-7-8-20(25)9-12(11)15(21)23;1-17(2,3)13(20-16(24)25-18(4,5)6)10-21-14(22)11-7-8-19-9-12(11)15(21)23/h7-9,13H,10H2,1-6H3,(H-,19,22,24,25);7-9,13H,10H2,1-6H3,(H,20,24)/p+1/t2*13-/m11/s1. The minimum atomic E-state index is -0.656. The lowest BCUT2D eigenvalue weighted by Gasteiger charge is -2.34. The first kappa shape index (κ1) is 40.4. The smallest absolute Gasteiger partial charge is 0.407 e. The van der Waals surface area contributed by atoms with E-state index in [2.05, 4.69) is 15.6 Å². The highest BCUT2D eigenvalue weighted by atomic mass is 16.6. The first-order chi connectivity index (χ1) is 23.2. The predicted octanol–water partition coefficient (Wildman–Crippen LogP) is 4.36. The van der Waals surface area contributed by atoms with Crippen molar-refractivity contribution < 1.29 is 48.2 Å². The molecule has 0 bridgehead atoms. The summed E-state index contributed by atoms with van der Waals surface area (Å²) in [6.45, 7) is 22.1. The number of carbonyl (C=O) groups is 6. The van der Waals surface area contributed by atoms with Crippen molar-refractivity contribution in [3.05, 3.63) is 59.2 Å². The Morgan fingerprint density at radius 3 is 1.47 bits per heavy atom. The lowest BCUT2D eigenvalue weighted by Crippen LogP contribution is -2.52. The van der Waals surface area contributed by atoms with Crippen molar-refractivity contribution in [1.29, 1.82) is 0 Å². The second kappa shape index (κ2) is 14.6. The van der Waals surface area contributed by atoms with E-state index in [4.69, 9.17) is 9.47 Å². The van der Waals surface area contributed by atoms with Crippen LogP contribution in [-0.2, 0) is 9.47 Å². The molecule has 15 nitrogen and oxygen atoms in total. The van der Waals surface area contributed by atoms with E-state index in [1.54, 1.807) is 41.5 Å². The average molecular weight is 712 g/mol. The van der Waals surface area contributed by atoms with Crippen molar-refractivity contribution in [1.82, 2.24) is 25.4 Å². The Morgan fingerprint density at radius 1 is 0.686 bits per heavy atom. The molecule has 2 aliphatic rings. The summed E-state index contributed by atoms with van der Waals surface area (Å²) in [6, 6.07) is 1.95. The molecule has 0 fully saturated rings. The van der Waals surface area contributed by atoms with E-state index in [0.29, 0.717) is 5.56 Å². The second-order valence-corrected chi connectivity index (χ2v) is 16.6. The van der Waals surface area contributed by atoms with E-state index in [1.165, 1.54) is 36.9 Å². The molecule has 15 heteroatoms. The van der Waals surface area contributed by atoms with Gasteiger partial charge in [-0.2, -0.15) is 0 Å². The van der Waals surface area contributed by atoms with E-state index >= 15 is 0 Å². The molecule has 3 N–H and O–H groups in total. The van der Waals surface area contributed by atoms with E-state index in [-0.39, 0.29) is 41.1 Å². The van der Waals surface area contributed by atoms with Crippen LogP contribution in [0.1, 0.15) is 125 Å². The van der Waals surface area contributed by atoms with E-state index in [1.807, 2.05) is 41.5 Å². The van der Waals surface area contributed by atoms with Gasteiger partial charge in [0.2, 0.25) is 12.4 Å². The number of hydrogen-bond acceptors (Lipinski definition) is 10. The number of rotatable bonds is 6. The molecule has 0 saturated heterocycles. The zero-order chi connectivity index (χ0) is 38.9. The highest BCUT2D eigenvalue weighted by Gasteiger charge is 2.42. The number of hydrogen-bond donors (Lipinski definition) is 3. The van der Waals surface area contributed by atoms with Crippen molar-refractivity contribution in [2.75, 3.05) is 13.1 Å². The Labute approximate surface area is 298 Å². The number of fused-ring (bicyclic) bond motifs is 2. The summed E-state index contributed by atoms with van der Waals surface area (Å²) < 4.78 is 11.3. The molecule has 4 heterocycles. The maximum absolute atomic E-state index is 12.6. The number of nitrogens with zero attached hydrogens (tertiary/aromatic N) is 4. The van der Waals surface area contributed by atoms with Crippen LogP contribution >= 0.6 is 0 Å². The van der Waals surface area contributed by atoms with E-state index in [9.17, 15) is 34.0 Å². The van der Waals surface area contributed by atoms with Crippen LogP contribution in [0.5, 0.6) is 0 Å². The van der Waals surface area contributed by atoms with Gasteiger partial charge in [-0.15, -0.1) is 0 Å². The molecule has 0 aliphatic carbocycles. The van der Waals surface area contributed by atoms with Gasteiger partial charge in [0, 0.05) is 23.2 Å². The van der Waals surface area contributed by atoms with Gasteiger partial charge in [-0.05, 0) is 58.4 Å². The zero-order valence-corrected chi connectivity index (χ0v) is 31.5. The van der Waals surface area contributed by atoms with E-state index < -0.39 is 58.6 Å². The molecule has 2 aliphatic heterocycles. The van der Waals surface area contributed by atoms with Gasteiger partial charge in [-0.1, -0.05) is 41.5 Å². The molecule has 2 aromatic rings. The molecule has 0 spiro atoms. The van der Waals surface area contributed by atoms with E-state index in [0.717, 1.165) is 14.5 Å². The summed E-state index contributed by atoms with van der Waals surface area (Å²) in [4.78, 5) is 80.6. The summed E-state index contributed by atoms with van der Waals surface area (Å²) >= 11 is 0. The summed E-state index contributed by atoms with van der Waals surface area (Å²) in [5.41, 5.74) is -1.12. The van der Waals surface area contributed by atoms with Gasteiger partial charge in [-0.25, -0.2) is 9.59 Å². The molecular formula is C36H51N6O9+. The van der Waals surface area contributed by atoms with Crippen molar-refractivity contribution in [2.45, 2.75) is 106 Å². The molecular weight excluding hydrogens is 660 g/mol. The predicted molar refractivity (Wildman–Crippen MR) is 184 cm³/mol. The van der Waals surface area contributed by atoms with Gasteiger partial charge in [0.25, 0.3) is 23.6 Å². The highest BCUT2D eigenvalue weighted by molar-refractivity contribution is 6.21. The van der Waals surface area contributed by atoms with Crippen LogP contribution in [0.2, 0.25) is 0 Å². The third-order valence-electron chi connectivity index (χ3n) is 7.87. The van der Waals surface area contributed by atoms with Crippen LogP contribution in [0.4, 0.5) is 9.59 Å². The van der Waals surface area contributed by atoms with Crippen LogP contribution in [-0.4, -0.2) is 92.2 Å². The highest BCUT2D eigenvalue weighted by Crippen LogP contribution is 2.28. The van der Waals surface area contributed by atoms with Gasteiger partial charge < -0.3 is 20.1 Å². The largest absolute Gasteiger partial charge is 0.444 e. The molecule has 0 radical (unpaired) electrons. The third kappa shape index (κ3) is 10.5. The lowest BCUT2D eigenvalue weighted by molar-refractivity contribution is -0.904. The monoisotopic (exact) mass is 711 g/mol. The summed E-state index contributed by atoms with van der Waals surface area (Å²) in [7, 11) is 0. The Morgan fingerprint density at radius 2 is 1.08 bits per heavy atom. The number of aromatic nitrogens is 2. The molecule has 2 atom stereocenters. The van der Waals surface area contributed by atoms with Gasteiger partial charge >= 0.3 is 12.2 Å². The van der Waals surface area contributed by atoms with Crippen molar-refractivity contribution in [3.63, 3.8) is 0 Å². The molecule has 278 valence electrons. The minimum Gasteiger partial charge on any atom is -0.444 e. The van der Waals surface area contributed by atoms with Crippen molar-refractivity contribution in [3.8, 4) is 0 Å². The van der Waals surface area contributed by atoms with Gasteiger partial charge in [0.05, 0.1) is 41.9 Å². The normalized spacial score (nSPS) is 15.8. The molecule has 6 amide bonds. The fourth-order valence-corrected chi connectivity index (χ4v) is 5.03. The summed E-state index contributed by atoms with van der Waals surface area (Å²) in [6.07, 6.45) is 4.17. The van der Waals surface area contributed by atoms with Crippen molar-refractivity contribution >= 4 is 35.8 Å². The Bertz CT molecular complexity index is 1660. The van der Waals surface area contributed by atoms with Crippen LogP contribution in [0.15, 0.2) is 36.9 Å². The molecule has 0 saturated carbocycles. The minimum absolute atomic E-state index is 0.000514. The maximum Gasteiger partial charge on any atom is 0.407 e. The van der Waals surface area contributed by atoms with Crippen LogP contribution < -0.4 is 15.4 Å². The number of ether oxygens (including phenoxy) is 2. The molecule has 4 rings (SSSR count). The average Bonchev–Trinajstić information content (AvgIpc) is 3.33. The van der Waals surface area contributed by atoms with Crippen molar-refractivity contribution in [2.24, 2.45) is 10.8 Å². The number of nitrogens with one attached hydrogen (secondary N) is 2. The maximum atomic E-state index is 12.6.